The maximum absolute atomic E-state index is 11.9. The first-order valence-corrected chi connectivity index (χ1v) is 8.42. The van der Waals surface area contributed by atoms with E-state index in [9.17, 15) is 4.79 Å². The Morgan fingerprint density at radius 2 is 2.04 bits per heavy atom. The normalized spacial score (nSPS) is 10.8. The Balaban J connectivity index is 1.51. The van der Waals surface area contributed by atoms with Crippen molar-refractivity contribution in [3.63, 3.8) is 0 Å². The summed E-state index contributed by atoms with van der Waals surface area (Å²) in [5.74, 6) is 1.32. The zero-order chi connectivity index (χ0) is 16.6. The number of anilines is 1. The lowest BCUT2D eigenvalue weighted by atomic mass is 10.3. The molecule has 2 heterocycles. The third-order valence-corrected chi connectivity index (χ3v) is 4.28. The summed E-state index contributed by atoms with van der Waals surface area (Å²) in [6.45, 7) is 0. The van der Waals surface area contributed by atoms with E-state index in [1.165, 1.54) is 11.6 Å². The molecular formula is C19H16N2O2S. The van der Waals surface area contributed by atoms with Crippen LogP contribution in [0.25, 0.3) is 6.08 Å². The van der Waals surface area contributed by atoms with Crippen molar-refractivity contribution >= 4 is 29.4 Å². The molecule has 1 amide bonds. The SMILES string of the molecule is O=C(/C=C/c1ccco1)Nc1ccc(SCc2cccnc2)cc1. The Labute approximate surface area is 144 Å². The molecule has 24 heavy (non-hydrogen) atoms. The average molecular weight is 336 g/mol. The van der Waals surface area contributed by atoms with Crippen LogP contribution < -0.4 is 5.32 Å². The Hall–Kier alpha value is -2.79. The molecule has 1 N–H and O–H groups in total. The van der Waals surface area contributed by atoms with Gasteiger partial charge in [0.05, 0.1) is 6.26 Å². The third kappa shape index (κ3) is 4.86. The van der Waals surface area contributed by atoms with Crippen molar-refractivity contribution in [1.82, 2.24) is 4.98 Å². The van der Waals surface area contributed by atoms with E-state index in [-0.39, 0.29) is 5.91 Å². The molecule has 4 nitrogen and oxygen atoms in total. The number of aromatic nitrogens is 1. The molecule has 120 valence electrons. The number of benzene rings is 1. The highest BCUT2D eigenvalue weighted by molar-refractivity contribution is 7.98. The van der Waals surface area contributed by atoms with E-state index < -0.39 is 0 Å². The van der Waals surface area contributed by atoms with Crippen LogP contribution in [0.5, 0.6) is 0 Å². The minimum absolute atomic E-state index is 0.192. The quantitative estimate of drug-likeness (QED) is 0.527. The van der Waals surface area contributed by atoms with Gasteiger partial charge in [-0.05, 0) is 54.1 Å². The maximum Gasteiger partial charge on any atom is 0.248 e. The van der Waals surface area contributed by atoms with E-state index in [0.717, 1.165) is 16.3 Å². The molecule has 0 saturated heterocycles. The van der Waals surface area contributed by atoms with Gasteiger partial charge in [0.2, 0.25) is 5.91 Å². The summed E-state index contributed by atoms with van der Waals surface area (Å²) in [5.41, 5.74) is 1.94. The number of hydrogen-bond donors (Lipinski definition) is 1. The third-order valence-electron chi connectivity index (χ3n) is 3.19. The van der Waals surface area contributed by atoms with Gasteiger partial charge in [-0.1, -0.05) is 6.07 Å². The molecule has 0 aliphatic carbocycles. The van der Waals surface area contributed by atoms with Gasteiger partial charge in [0, 0.05) is 34.8 Å². The largest absolute Gasteiger partial charge is 0.465 e. The van der Waals surface area contributed by atoms with Crippen LogP contribution in [0.3, 0.4) is 0 Å². The Morgan fingerprint density at radius 3 is 2.75 bits per heavy atom. The molecule has 0 radical (unpaired) electrons. The molecule has 1 aromatic carbocycles. The molecule has 3 rings (SSSR count). The Morgan fingerprint density at radius 1 is 1.17 bits per heavy atom. The molecule has 0 unspecified atom stereocenters. The van der Waals surface area contributed by atoms with Gasteiger partial charge in [-0.25, -0.2) is 0 Å². The molecule has 0 spiro atoms. The Bertz CT molecular complexity index is 797. The number of nitrogens with zero attached hydrogens (tertiary/aromatic N) is 1. The smallest absolute Gasteiger partial charge is 0.248 e. The summed E-state index contributed by atoms with van der Waals surface area (Å²) in [7, 11) is 0. The van der Waals surface area contributed by atoms with Crippen LogP contribution in [0.15, 0.2) is 82.6 Å². The van der Waals surface area contributed by atoms with Gasteiger partial charge in [0.25, 0.3) is 0 Å². The van der Waals surface area contributed by atoms with Crippen molar-refractivity contribution in [2.75, 3.05) is 5.32 Å². The second kappa shape index (κ2) is 8.17. The summed E-state index contributed by atoms with van der Waals surface area (Å²) in [4.78, 5) is 17.1. The van der Waals surface area contributed by atoms with Gasteiger partial charge < -0.3 is 9.73 Å². The second-order valence-electron chi connectivity index (χ2n) is 5.01. The molecule has 0 atom stereocenters. The van der Waals surface area contributed by atoms with Gasteiger partial charge in [-0.3, -0.25) is 9.78 Å². The number of pyridine rings is 1. The molecule has 0 saturated carbocycles. The molecule has 5 heteroatoms. The molecule has 0 bridgehead atoms. The zero-order valence-electron chi connectivity index (χ0n) is 12.9. The molecule has 2 aromatic heterocycles. The number of carbonyl (C=O) groups excluding carboxylic acids is 1. The lowest BCUT2D eigenvalue weighted by molar-refractivity contribution is -0.111. The summed E-state index contributed by atoms with van der Waals surface area (Å²) >= 11 is 1.73. The molecule has 0 aliphatic heterocycles. The van der Waals surface area contributed by atoms with Gasteiger partial charge in [0.15, 0.2) is 0 Å². The van der Waals surface area contributed by atoms with Crippen LogP contribution >= 0.6 is 11.8 Å². The van der Waals surface area contributed by atoms with Crippen molar-refractivity contribution in [1.29, 1.82) is 0 Å². The minimum Gasteiger partial charge on any atom is -0.465 e. The lowest BCUT2D eigenvalue weighted by Crippen LogP contribution is -2.07. The summed E-state index contributed by atoms with van der Waals surface area (Å²) < 4.78 is 5.14. The van der Waals surface area contributed by atoms with E-state index in [1.54, 1.807) is 42.4 Å². The minimum atomic E-state index is -0.192. The first kappa shape index (κ1) is 16.1. The van der Waals surface area contributed by atoms with E-state index in [4.69, 9.17) is 4.42 Å². The van der Waals surface area contributed by atoms with Crippen molar-refractivity contribution in [3.05, 3.63) is 84.6 Å². The fraction of sp³-hybridized carbons (Fsp3) is 0.0526. The lowest BCUT2D eigenvalue weighted by Gasteiger charge is -2.05. The van der Waals surface area contributed by atoms with E-state index in [1.807, 2.05) is 36.5 Å². The predicted molar refractivity (Wildman–Crippen MR) is 96.6 cm³/mol. The van der Waals surface area contributed by atoms with Crippen molar-refractivity contribution in [2.45, 2.75) is 10.6 Å². The van der Waals surface area contributed by atoms with E-state index >= 15 is 0 Å². The van der Waals surface area contributed by atoms with Gasteiger partial charge >= 0.3 is 0 Å². The highest BCUT2D eigenvalue weighted by atomic mass is 32.2. The van der Waals surface area contributed by atoms with Crippen molar-refractivity contribution in [3.8, 4) is 0 Å². The van der Waals surface area contributed by atoms with Crippen molar-refractivity contribution in [2.24, 2.45) is 0 Å². The fourth-order valence-corrected chi connectivity index (χ4v) is 2.85. The van der Waals surface area contributed by atoms with Crippen LogP contribution in [0, 0.1) is 0 Å². The molecule has 3 aromatic rings. The first-order valence-electron chi connectivity index (χ1n) is 7.44. The maximum atomic E-state index is 11.9. The van der Waals surface area contributed by atoms with E-state index in [2.05, 4.69) is 16.4 Å². The van der Waals surface area contributed by atoms with Crippen LogP contribution in [-0.2, 0) is 10.5 Å². The summed E-state index contributed by atoms with van der Waals surface area (Å²) in [6, 6.07) is 15.3. The number of carbonyl (C=O) groups is 1. The van der Waals surface area contributed by atoms with Gasteiger partial charge in [0.1, 0.15) is 5.76 Å². The van der Waals surface area contributed by atoms with Crippen LogP contribution in [0.2, 0.25) is 0 Å². The predicted octanol–water partition coefficient (Wildman–Crippen LogP) is 4.62. The number of nitrogens with one attached hydrogen (secondary N) is 1. The summed E-state index contributed by atoms with van der Waals surface area (Å²) in [5, 5.41) is 2.82. The Kier molecular flexibility index (Phi) is 5.48. The number of furan rings is 1. The highest BCUT2D eigenvalue weighted by Gasteiger charge is 2.00. The zero-order valence-corrected chi connectivity index (χ0v) is 13.7. The average Bonchev–Trinajstić information content (AvgIpc) is 3.14. The second-order valence-corrected chi connectivity index (χ2v) is 6.06. The van der Waals surface area contributed by atoms with Crippen molar-refractivity contribution < 1.29 is 9.21 Å². The summed E-state index contributed by atoms with van der Waals surface area (Å²) in [6.07, 6.45) is 8.29. The topological polar surface area (TPSA) is 55.1 Å². The number of hydrogen-bond acceptors (Lipinski definition) is 4. The first-order chi connectivity index (χ1) is 11.8. The molecular weight excluding hydrogens is 320 g/mol. The van der Waals surface area contributed by atoms with Crippen LogP contribution in [0.4, 0.5) is 5.69 Å². The number of rotatable bonds is 6. The van der Waals surface area contributed by atoms with Gasteiger partial charge in [-0.15, -0.1) is 11.8 Å². The molecule has 0 aliphatic rings. The standard InChI is InChI=1S/C19H16N2O2S/c22-19(10-7-17-4-2-12-23-17)21-16-5-8-18(9-6-16)24-14-15-3-1-11-20-13-15/h1-13H,14H2,(H,21,22)/b10-7+. The van der Waals surface area contributed by atoms with Gasteiger partial charge in [-0.2, -0.15) is 0 Å². The van der Waals surface area contributed by atoms with Crippen LogP contribution in [0.1, 0.15) is 11.3 Å². The fourth-order valence-electron chi connectivity index (χ4n) is 2.01. The molecule has 0 fully saturated rings. The van der Waals surface area contributed by atoms with E-state index in [0.29, 0.717) is 5.76 Å². The number of thioether (sulfide) groups is 1. The van der Waals surface area contributed by atoms with Crippen LogP contribution in [-0.4, -0.2) is 10.9 Å². The number of amides is 1. The monoisotopic (exact) mass is 336 g/mol. The highest BCUT2D eigenvalue weighted by Crippen LogP contribution is 2.23.